The molecule has 3 N–H and O–H groups in total. The number of methoxy groups -OCH3 is 3. The van der Waals surface area contributed by atoms with Crippen LogP contribution >= 0.6 is 0 Å². The van der Waals surface area contributed by atoms with Gasteiger partial charge in [0.05, 0.1) is 47.8 Å². The first-order chi connectivity index (χ1) is 36.7. The van der Waals surface area contributed by atoms with E-state index in [9.17, 15) is 15.3 Å². The summed E-state index contributed by atoms with van der Waals surface area (Å²) < 4.78 is 72.3. The number of aliphatic hydroxyl groups excluding tert-OH is 3. The van der Waals surface area contributed by atoms with Crippen molar-refractivity contribution in [2.45, 2.75) is 38.8 Å². The molecule has 2 aliphatic carbocycles. The summed E-state index contributed by atoms with van der Waals surface area (Å²) in [5.41, 5.74) is 7.57. The van der Waals surface area contributed by atoms with Crippen molar-refractivity contribution >= 4 is 6.08 Å². The van der Waals surface area contributed by atoms with Crippen LogP contribution in [0.4, 0.5) is 0 Å². The lowest BCUT2D eigenvalue weighted by Crippen LogP contribution is -2.22. The molecule has 7 rings (SSSR count). The Hall–Kier alpha value is -8.36. The van der Waals surface area contributed by atoms with Crippen LogP contribution in [0, 0.1) is 37.0 Å². The number of allylic oxidation sites excluding steroid dienone is 3. The molecule has 0 spiro atoms. The van der Waals surface area contributed by atoms with Crippen LogP contribution in [0.1, 0.15) is 38.9 Å². The van der Waals surface area contributed by atoms with Crippen molar-refractivity contribution in [1.82, 2.24) is 0 Å². The summed E-state index contributed by atoms with van der Waals surface area (Å²) in [6, 6.07) is 23.4. The molecule has 1 unspecified atom stereocenters. The van der Waals surface area contributed by atoms with Crippen molar-refractivity contribution in [3.8, 4) is 94.5 Å². The Labute approximate surface area is 437 Å². The third-order valence-electron chi connectivity index (χ3n) is 11.9. The lowest BCUT2D eigenvalue weighted by Gasteiger charge is -2.25. The molecule has 0 aromatic heterocycles. The van der Waals surface area contributed by atoms with Crippen molar-refractivity contribution in [3.63, 3.8) is 0 Å². The first kappa shape index (κ1) is 54.4. The number of fused-ring (bicyclic) bond motifs is 3. The maximum atomic E-state index is 9.67. The average molecular weight is 1020 g/mol. The second-order valence-electron chi connectivity index (χ2n) is 16.7. The van der Waals surface area contributed by atoms with E-state index in [2.05, 4.69) is 23.8 Å². The van der Waals surface area contributed by atoms with Crippen LogP contribution in [0.25, 0.3) is 6.08 Å². The van der Waals surface area contributed by atoms with Gasteiger partial charge in [0.25, 0.3) is 0 Å². The molecule has 2 aliphatic rings. The van der Waals surface area contributed by atoms with Gasteiger partial charge in [-0.05, 0) is 142 Å². The van der Waals surface area contributed by atoms with Crippen molar-refractivity contribution in [3.05, 3.63) is 147 Å². The molecule has 0 aliphatic heterocycles. The largest absolute Gasteiger partial charge is 0.498 e. The number of benzene rings is 5. The molecule has 390 valence electrons. The van der Waals surface area contributed by atoms with Crippen LogP contribution in [0.5, 0.6) is 57.5 Å². The van der Waals surface area contributed by atoms with Gasteiger partial charge in [-0.3, -0.25) is 0 Å². The van der Waals surface area contributed by atoms with Gasteiger partial charge in [0.1, 0.15) is 64.7 Å². The van der Waals surface area contributed by atoms with Crippen molar-refractivity contribution in [1.29, 1.82) is 0 Å². The molecule has 15 nitrogen and oxygen atoms in total. The predicted octanol–water partition coefficient (Wildman–Crippen LogP) is 7.60. The van der Waals surface area contributed by atoms with E-state index in [0.717, 1.165) is 33.4 Å². The second kappa shape index (κ2) is 27.6. The van der Waals surface area contributed by atoms with Crippen LogP contribution in [0.3, 0.4) is 0 Å². The molecule has 0 saturated carbocycles. The minimum atomic E-state index is -0.572. The third kappa shape index (κ3) is 14.4. The molecular weight excluding hydrogens is 961 g/mol. The van der Waals surface area contributed by atoms with Gasteiger partial charge in [-0.1, -0.05) is 36.0 Å². The standard InChI is InChI=1S/C60H60O15/c1-7-16-67-55-25-40(37-61)10-13-49(55)70-19-22-73-58-34-46-28-44-32-53(65-5)60(75-24-21-72-51-15-12-42(39-63)27-57(51)69-18-9-3)36-48(44)30-45-33-54(66-6)59(35-47(45)29-43(46)31-52(58)64-4)74-23-20-71-50-14-11-41(38-62)26-56(50)68-17-8-2/h1-3,10-15,25-28,31-36,60-63H,16-24,29-30,37-39H2,4-6H3/b44-28-. The zero-order valence-electron chi connectivity index (χ0n) is 42.2. The van der Waals surface area contributed by atoms with Crippen molar-refractivity contribution in [2.75, 3.05) is 80.8 Å². The van der Waals surface area contributed by atoms with Gasteiger partial charge in [0.2, 0.25) is 0 Å². The SMILES string of the molecule is C#CCOc1cc(CO)ccc1OCCOc1cc2c(cc1OC)Cc1cc(OCCOc3ccc(CO)cc3OCC#C)c(OC)cc1CC1=CC(OCCOc3ccc(CO)cc3OCC#C)C(OC)=C/C1=C/2. The highest BCUT2D eigenvalue weighted by Gasteiger charge is 2.26. The minimum Gasteiger partial charge on any atom is -0.498 e. The van der Waals surface area contributed by atoms with Crippen molar-refractivity contribution < 1.29 is 72.2 Å². The number of aliphatic hydroxyl groups is 3. The Morgan fingerprint density at radius 3 is 1.31 bits per heavy atom. The van der Waals surface area contributed by atoms with Crippen LogP contribution in [-0.4, -0.2) is 102 Å². The van der Waals surface area contributed by atoms with Gasteiger partial charge in [-0.25, -0.2) is 0 Å². The fourth-order valence-electron chi connectivity index (χ4n) is 8.23. The van der Waals surface area contributed by atoms with Gasteiger partial charge in [0, 0.05) is 0 Å². The fourth-order valence-corrected chi connectivity index (χ4v) is 8.23. The first-order valence-electron chi connectivity index (χ1n) is 24.0. The summed E-state index contributed by atoms with van der Waals surface area (Å²) in [4.78, 5) is 0. The van der Waals surface area contributed by atoms with Crippen LogP contribution in [0.2, 0.25) is 0 Å². The molecule has 0 heterocycles. The lowest BCUT2D eigenvalue weighted by molar-refractivity contribution is 0.0471. The van der Waals surface area contributed by atoms with Gasteiger partial charge >= 0.3 is 0 Å². The Balaban J connectivity index is 1.17. The molecule has 75 heavy (non-hydrogen) atoms. The number of ether oxygens (including phenoxy) is 12. The molecule has 0 saturated heterocycles. The maximum absolute atomic E-state index is 9.67. The van der Waals surface area contributed by atoms with E-state index in [1.807, 2.05) is 36.4 Å². The molecule has 0 amide bonds. The zero-order valence-corrected chi connectivity index (χ0v) is 42.2. The highest BCUT2D eigenvalue weighted by atomic mass is 16.6. The smallest absolute Gasteiger partial charge is 0.163 e. The first-order valence-corrected chi connectivity index (χ1v) is 24.0. The van der Waals surface area contributed by atoms with E-state index in [4.69, 9.17) is 76.1 Å². The highest BCUT2D eigenvalue weighted by molar-refractivity contribution is 5.71. The predicted molar refractivity (Wildman–Crippen MR) is 281 cm³/mol. The van der Waals surface area contributed by atoms with E-state index in [-0.39, 0.29) is 79.3 Å². The van der Waals surface area contributed by atoms with E-state index in [0.29, 0.717) is 92.8 Å². The molecule has 5 aromatic rings. The molecule has 15 heteroatoms. The molecule has 1 atom stereocenters. The van der Waals surface area contributed by atoms with Gasteiger partial charge in [0.15, 0.2) is 57.5 Å². The van der Waals surface area contributed by atoms with Crippen LogP contribution < -0.4 is 47.4 Å². The summed E-state index contributed by atoms with van der Waals surface area (Å²) >= 11 is 0. The Morgan fingerprint density at radius 2 is 0.853 bits per heavy atom. The van der Waals surface area contributed by atoms with E-state index >= 15 is 0 Å². The molecule has 0 bridgehead atoms. The number of terminal acetylenes is 3. The topological polar surface area (TPSA) is 171 Å². The monoisotopic (exact) mass is 1020 g/mol. The number of hydrogen-bond donors (Lipinski definition) is 3. The fraction of sp³-hybridized carbons (Fsp3) is 0.300. The summed E-state index contributed by atoms with van der Waals surface area (Å²) in [7, 11) is 4.79. The van der Waals surface area contributed by atoms with E-state index < -0.39 is 6.10 Å². The lowest BCUT2D eigenvalue weighted by atomic mass is 9.89. The molecule has 0 fully saturated rings. The van der Waals surface area contributed by atoms with E-state index in [1.165, 1.54) is 0 Å². The molecular formula is C60H60O15. The van der Waals surface area contributed by atoms with Gasteiger partial charge in [-0.15, -0.1) is 19.3 Å². The Bertz CT molecular complexity index is 2990. The number of rotatable bonds is 27. The Kier molecular flexibility index (Phi) is 20.0. The zero-order chi connectivity index (χ0) is 52.9. The van der Waals surface area contributed by atoms with Crippen molar-refractivity contribution in [2.24, 2.45) is 0 Å². The summed E-state index contributed by atoms with van der Waals surface area (Å²) in [5, 5.41) is 29.0. The summed E-state index contributed by atoms with van der Waals surface area (Å²) in [5.74, 6) is 12.6. The second-order valence-corrected chi connectivity index (χ2v) is 16.7. The average Bonchev–Trinajstić information content (AvgIpc) is 3.49. The quantitative estimate of drug-likeness (QED) is 0.0347. The van der Waals surface area contributed by atoms with Gasteiger partial charge < -0.3 is 72.2 Å². The van der Waals surface area contributed by atoms with E-state index in [1.54, 1.807) is 75.9 Å². The minimum absolute atomic E-state index is 0.0356. The highest BCUT2D eigenvalue weighted by Crippen LogP contribution is 2.41. The summed E-state index contributed by atoms with van der Waals surface area (Å²) in [6.07, 6.45) is 22.8. The van der Waals surface area contributed by atoms with Crippen LogP contribution in [-0.2, 0) is 42.1 Å². The number of hydrogen-bond acceptors (Lipinski definition) is 15. The molecule has 5 aromatic carbocycles. The Morgan fingerprint density at radius 1 is 0.440 bits per heavy atom. The normalized spacial score (nSPS) is 14.0. The third-order valence-corrected chi connectivity index (χ3v) is 11.9. The maximum Gasteiger partial charge on any atom is 0.163 e. The summed E-state index contributed by atoms with van der Waals surface area (Å²) in [6.45, 7) is 0.609. The molecule has 0 radical (unpaired) electrons. The van der Waals surface area contributed by atoms with Crippen LogP contribution in [0.15, 0.2) is 108 Å². The van der Waals surface area contributed by atoms with Gasteiger partial charge in [-0.2, -0.15) is 0 Å².